The van der Waals surface area contributed by atoms with Crippen molar-refractivity contribution in [1.82, 2.24) is 4.90 Å². The maximum Gasteiger partial charge on any atom is 0.407 e. The minimum Gasteiger partial charge on any atom is -0.465 e. The zero-order chi connectivity index (χ0) is 22.3. The Labute approximate surface area is 183 Å². The molecule has 31 heavy (non-hydrogen) atoms. The van der Waals surface area contributed by atoms with Gasteiger partial charge in [0.2, 0.25) is 0 Å². The third-order valence-corrected chi connectivity index (χ3v) is 5.72. The van der Waals surface area contributed by atoms with Crippen LogP contribution in [0.15, 0.2) is 60.7 Å². The van der Waals surface area contributed by atoms with Gasteiger partial charge < -0.3 is 19.5 Å². The van der Waals surface area contributed by atoms with Crippen LogP contribution in [0.5, 0.6) is 0 Å². The number of hydrogen-bond acceptors (Lipinski definition) is 3. The van der Waals surface area contributed by atoms with E-state index < -0.39 is 17.4 Å². The molecule has 1 aliphatic rings. The van der Waals surface area contributed by atoms with Crippen LogP contribution in [-0.4, -0.2) is 46.7 Å². The number of rotatable bonds is 9. The lowest BCUT2D eigenvalue weighted by Gasteiger charge is -2.47. The SMILES string of the molecule is CC(C)(F)CC1(OCOCc2ccccc2)CCN(C(=O)O)C(Cc2ccccc2)C1. The molecule has 0 radical (unpaired) electrons. The van der Waals surface area contributed by atoms with E-state index in [-0.39, 0.29) is 19.3 Å². The van der Waals surface area contributed by atoms with Gasteiger partial charge in [-0.3, -0.25) is 0 Å². The monoisotopic (exact) mass is 429 g/mol. The van der Waals surface area contributed by atoms with Gasteiger partial charge in [0.15, 0.2) is 0 Å². The first kappa shape index (κ1) is 23.2. The second-order valence-corrected chi connectivity index (χ2v) is 8.95. The predicted molar refractivity (Wildman–Crippen MR) is 118 cm³/mol. The van der Waals surface area contributed by atoms with E-state index in [1.165, 1.54) is 4.90 Å². The second-order valence-electron chi connectivity index (χ2n) is 8.95. The van der Waals surface area contributed by atoms with Crippen molar-refractivity contribution in [3.8, 4) is 0 Å². The molecule has 1 aliphatic heterocycles. The minimum atomic E-state index is -1.44. The molecule has 2 aromatic rings. The van der Waals surface area contributed by atoms with Gasteiger partial charge in [-0.25, -0.2) is 9.18 Å². The summed E-state index contributed by atoms with van der Waals surface area (Å²) >= 11 is 0. The van der Waals surface area contributed by atoms with Crippen molar-refractivity contribution in [2.45, 2.75) is 63.4 Å². The number of benzene rings is 2. The fourth-order valence-corrected chi connectivity index (χ4v) is 4.48. The molecule has 2 aromatic carbocycles. The predicted octanol–water partition coefficient (Wildman–Crippen LogP) is 5.44. The highest BCUT2D eigenvalue weighted by Crippen LogP contribution is 2.39. The Balaban J connectivity index is 1.71. The second kappa shape index (κ2) is 10.2. The minimum absolute atomic E-state index is 0.0378. The summed E-state index contributed by atoms with van der Waals surface area (Å²) in [7, 11) is 0. The highest BCUT2D eigenvalue weighted by Gasteiger charge is 2.45. The summed E-state index contributed by atoms with van der Waals surface area (Å²) in [6, 6.07) is 19.3. The van der Waals surface area contributed by atoms with Gasteiger partial charge in [0.25, 0.3) is 0 Å². The lowest BCUT2D eigenvalue weighted by molar-refractivity contribution is -0.183. The summed E-state index contributed by atoms with van der Waals surface area (Å²) in [5.41, 5.74) is -0.134. The molecule has 0 bridgehead atoms. The van der Waals surface area contributed by atoms with Crippen molar-refractivity contribution in [1.29, 1.82) is 0 Å². The zero-order valence-corrected chi connectivity index (χ0v) is 18.3. The Morgan fingerprint density at radius 2 is 1.74 bits per heavy atom. The Bertz CT molecular complexity index is 824. The van der Waals surface area contributed by atoms with E-state index >= 15 is 0 Å². The van der Waals surface area contributed by atoms with E-state index in [4.69, 9.17) is 9.47 Å². The van der Waals surface area contributed by atoms with E-state index in [1.54, 1.807) is 13.8 Å². The normalized spacial score (nSPS) is 21.8. The fraction of sp³-hybridized carbons (Fsp3) is 0.480. The van der Waals surface area contributed by atoms with Crippen molar-refractivity contribution in [2.75, 3.05) is 13.3 Å². The number of halogens is 1. The van der Waals surface area contributed by atoms with Crippen molar-refractivity contribution in [3.63, 3.8) is 0 Å². The van der Waals surface area contributed by atoms with Gasteiger partial charge in [0.1, 0.15) is 12.5 Å². The van der Waals surface area contributed by atoms with Gasteiger partial charge in [-0.15, -0.1) is 0 Å². The summed E-state index contributed by atoms with van der Waals surface area (Å²) in [5.74, 6) is 0. The highest BCUT2D eigenvalue weighted by atomic mass is 19.1. The van der Waals surface area contributed by atoms with Crippen LogP contribution in [0, 0.1) is 0 Å². The number of ether oxygens (including phenoxy) is 2. The molecule has 2 unspecified atom stereocenters. The molecular weight excluding hydrogens is 397 g/mol. The van der Waals surface area contributed by atoms with E-state index in [9.17, 15) is 14.3 Å². The highest BCUT2D eigenvalue weighted by molar-refractivity contribution is 5.65. The molecule has 1 saturated heterocycles. The van der Waals surface area contributed by atoms with Gasteiger partial charge in [0.05, 0.1) is 12.2 Å². The van der Waals surface area contributed by atoms with E-state index in [0.29, 0.717) is 32.4 Å². The average molecular weight is 430 g/mol. The molecule has 1 heterocycles. The van der Waals surface area contributed by atoms with Crippen LogP contribution >= 0.6 is 0 Å². The summed E-state index contributed by atoms with van der Waals surface area (Å²) in [6.07, 6.45) is 0.668. The molecule has 0 spiro atoms. The summed E-state index contributed by atoms with van der Waals surface area (Å²) < 4.78 is 26.6. The van der Waals surface area contributed by atoms with Crippen molar-refractivity contribution in [3.05, 3.63) is 71.8 Å². The van der Waals surface area contributed by atoms with Crippen LogP contribution < -0.4 is 0 Å². The third kappa shape index (κ3) is 7.04. The van der Waals surface area contributed by atoms with Crippen LogP contribution in [-0.2, 0) is 22.5 Å². The molecule has 0 aromatic heterocycles. The Kier molecular flexibility index (Phi) is 7.68. The zero-order valence-electron chi connectivity index (χ0n) is 18.3. The maximum absolute atomic E-state index is 14.8. The molecule has 168 valence electrons. The first-order valence-corrected chi connectivity index (χ1v) is 10.7. The lowest BCUT2D eigenvalue weighted by Crippen LogP contribution is -2.55. The number of carboxylic acid groups (broad SMARTS) is 1. The van der Waals surface area contributed by atoms with E-state index in [1.807, 2.05) is 60.7 Å². The summed E-state index contributed by atoms with van der Waals surface area (Å²) in [4.78, 5) is 13.3. The third-order valence-electron chi connectivity index (χ3n) is 5.72. The quantitative estimate of drug-likeness (QED) is 0.426. The summed E-state index contributed by atoms with van der Waals surface area (Å²) in [6.45, 7) is 3.83. The van der Waals surface area contributed by atoms with Crippen molar-refractivity contribution < 1.29 is 23.8 Å². The van der Waals surface area contributed by atoms with Crippen LogP contribution in [0.4, 0.5) is 9.18 Å². The van der Waals surface area contributed by atoms with Crippen LogP contribution in [0.2, 0.25) is 0 Å². The van der Waals surface area contributed by atoms with E-state index in [2.05, 4.69) is 0 Å². The molecule has 1 fully saturated rings. The van der Waals surface area contributed by atoms with Crippen molar-refractivity contribution >= 4 is 6.09 Å². The fourth-order valence-electron chi connectivity index (χ4n) is 4.48. The molecule has 3 rings (SSSR count). The first-order valence-electron chi connectivity index (χ1n) is 10.7. The van der Waals surface area contributed by atoms with Gasteiger partial charge in [-0.05, 0) is 44.2 Å². The van der Waals surface area contributed by atoms with Gasteiger partial charge in [0, 0.05) is 19.0 Å². The van der Waals surface area contributed by atoms with Gasteiger partial charge in [-0.2, -0.15) is 0 Å². The molecule has 2 atom stereocenters. The first-order chi connectivity index (χ1) is 14.8. The average Bonchev–Trinajstić information content (AvgIpc) is 2.71. The number of hydrogen-bond donors (Lipinski definition) is 1. The molecule has 5 nitrogen and oxygen atoms in total. The molecular formula is C25H32FNO4. The Morgan fingerprint density at radius 3 is 2.32 bits per heavy atom. The molecule has 1 amide bonds. The molecule has 1 N–H and O–H groups in total. The number of piperidine rings is 1. The smallest absolute Gasteiger partial charge is 0.407 e. The summed E-state index contributed by atoms with van der Waals surface area (Å²) in [5, 5.41) is 9.72. The van der Waals surface area contributed by atoms with Crippen LogP contribution in [0.1, 0.15) is 44.2 Å². The molecule has 0 aliphatic carbocycles. The number of likely N-dealkylation sites (tertiary alicyclic amines) is 1. The Hall–Kier alpha value is -2.44. The van der Waals surface area contributed by atoms with Crippen molar-refractivity contribution in [2.24, 2.45) is 0 Å². The lowest BCUT2D eigenvalue weighted by atomic mass is 9.78. The topological polar surface area (TPSA) is 59.0 Å². The largest absolute Gasteiger partial charge is 0.465 e. The number of nitrogens with zero attached hydrogens (tertiary/aromatic N) is 1. The van der Waals surface area contributed by atoms with Crippen LogP contribution in [0.3, 0.4) is 0 Å². The molecule has 0 saturated carbocycles. The number of alkyl halides is 1. The van der Waals surface area contributed by atoms with Gasteiger partial charge >= 0.3 is 6.09 Å². The van der Waals surface area contributed by atoms with Crippen LogP contribution in [0.25, 0.3) is 0 Å². The maximum atomic E-state index is 14.8. The standard InChI is InChI=1S/C25H32FNO4/c1-24(2,26)18-25(31-19-30-17-21-11-7-4-8-12-21)13-14-27(23(28)29)22(16-25)15-20-9-5-3-6-10-20/h3-12,22H,13-19H2,1-2H3,(H,28,29). The Morgan fingerprint density at radius 1 is 1.13 bits per heavy atom. The van der Waals surface area contributed by atoms with E-state index in [0.717, 1.165) is 11.1 Å². The number of carbonyl (C=O) groups is 1. The van der Waals surface area contributed by atoms with Gasteiger partial charge in [-0.1, -0.05) is 60.7 Å². The number of amides is 1. The molecule has 6 heteroatoms.